The van der Waals surface area contributed by atoms with Crippen molar-refractivity contribution in [3.05, 3.63) is 65.8 Å². The Hall–Kier alpha value is -1.56. The van der Waals surface area contributed by atoms with E-state index in [-0.39, 0.29) is 0 Å². The van der Waals surface area contributed by atoms with E-state index in [2.05, 4.69) is 61.6 Å². The third-order valence-electron chi connectivity index (χ3n) is 4.31. The van der Waals surface area contributed by atoms with Crippen LogP contribution in [-0.2, 0) is 6.42 Å². The maximum absolute atomic E-state index is 2.49. The molecule has 19 heavy (non-hydrogen) atoms. The molecule has 2 atom stereocenters. The fraction of sp³-hybridized carbons (Fsp3) is 0.368. The maximum atomic E-state index is 2.49. The molecule has 2 aliphatic rings. The summed E-state index contributed by atoms with van der Waals surface area (Å²) in [6.07, 6.45) is 16.6. The highest BCUT2D eigenvalue weighted by Crippen LogP contribution is 2.42. The highest BCUT2D eigenvalue weighted by atomic mass is 14.3. The van der Waals surface area contributed by atoms with Crippen LogP contribution in [-0.4, -0.2) is 0 Å². The van der Waals surface area contributed by atoms with Gasteiger partial charge in [0, 0.05) is 5.92 Å². The molecule has 0 heteroatoms. The van der Waals surface area contributed by atoms with E-state index in [1.165, 1.54) is 36.8 Å². The Morgan fingerprint density at radius 1 is 1.16 bits per heavy atom. The van der Waals surface area contributed by atoms with Gasteiger partial charge in [-0.1, -0.05) is 74.4 Å². The number of fused-ring (bicyclic) bond motifs is 2. The zero-order chi connectivity index (χ0) is 13.1. The van der Waals surface area contributed by atoms with Crippen LogP contribution in [0, 0.1) is 11.8 Å². The van der Waals surface area contributed by atoms with Crippen molar-refractivity contribution < 1.29 is 0 Å². The summed E-state index contributed by atoms with van der Waals surface area (Å²) < 4.78 is 0. The Morgan fingerprint density at radius 2 is 2.00 bits per heavy atom. The topological polar surface area (TPSA) is 0 Å². The number of rotatable bonds is 3. The first kappa shape index (κ1) is 12.5. The van der Waals surface area contributed by atoms with Crippen molar-refractivity contribution >= 4 is 5.57 Å². The van der Waals surface area contributed by atoms with Crippen molar-refractivity contribution in [3.63, 3.8) is 0 Å². The number of unbranched alkanes of at least 4 members (excludes halogenated alkanes) is 2. The summed E-state index contributed by atoms with van der Waals surface area (Å²) in [7, 11) is 0. The minimum atomic E-state index is 0.594. The van der Waals surface area contributed by atoms with Crippen LogP contribution < -0.4 is 0 Å². The molecule has 1 aromatic carbocycles. The van der Waals surface area contributed by atoms with Crippen molar-refractivity contribution in [2.24, 2.45) is 11.8 Å². The highest BCUT2D eigenvalue weighted by molar-refractivity contribution is 5.74. The van der Waals surface area contributed by atoms with E-state index in [1.807, 2.05) is 0 Å². The third-order valence-corrected chi connectivity index (χ3v) is 4.31. The normalized spacial score (nSPS) is 26.3. The molecule has 0 aromatic heterocycles. The van der Waals surface area contributed by atoms with Gasteiger partial charge >= 0.3 is 0 Å². The van der Waals surface area contributed by atoms with Gasteiger partial charge in [-0.3, -0.25) is 0 Å². The lowest BCUT2D eigenvalue weighted by atomic mass is 9.70. The molecule has 0 aliphatic heterocycles. The molecule has 0 radical (unpaired) electrons. The molecule has 98 valence electrons. The number of allylic oxidation sites excluding steroid dienone is 6. The molecular formula is C19H22. The Morgan fingerprint density at radius 3 is 2.89 bits per heavy atom. The largest absolute Gasteiger partial charge is 0.0802 e. The molecule has 1 aromatic rings. The Balaban J connectivity index is 1.99. The number of hydrogen-bond donors (Lipinski definition) is 0. The van der Waals surface area contributed by atoms with Gasteiger partial charge in [0.05, 0.1) is 0 Å². The first-order valence-corrected chi connectivity index (χ1v) is 7.53. The van der Waals surface area contributed by atoms with Crippen LogP contribution in [0.15, 0.2) is 54.6 Å². The fourth-order valence-corrected chi connectivity index (χ4v) is 3.30. The van der Waals surface area contributed by atoms with Crippen LogP contribution in [0.5, 0.6) is 0 Å². The average Bonchev–Trinajstić information content (AvgIpc) is 2.46. The second-order valence-corrected chi connectivity index (χ2v) is 5.62. The molecule has 2 unspecified atom stereocenters. The van der Waals surface area contributed by atoms with E-state index in [1.54, 1.807) is 5.57 Å². The third kappa shape index (κ3) is 2.45. The summed E-state index contributed by atoms with van der Waals surface area (Å²) in [6.45, 7) is 2.26. The van der Waals surface area contributed by atoms with E-state index in [4.69, 9.17) is 0 Å². The molecule has 0 spiro atoms. The van der Waals surface area contributed by atoms with Crippen molar-refractivity contribution in [2.45, 2.75) is 32.6 Å². The van der Waals surface area contributed by atoms with Gasteiger partial charge in [-0.05, 0) is 35.5 Å². The Bertz CT molecular complexity index is 531. The molecular weight excluding hydrogens is 228 g/mol. The molecule has 0 nitrogen and oxygen atoms in total. The monoisotopic (exact) mass is 250 g/mol. The second kappa shape index (κ2) is 5.61. The number of hydrogen-bond acceptors (Lipinski definition) is 0. The summed E-state index contributed by atoms with van der Waals surface area (Å²) in [4.78, 5) is 0. The minimum Gasteiger partial charge on any atom is -0.0802 e. The SMILES string of the molecule is CCCCC=C1c2ccccc2CC2C=CC=CC12. The molecule has 0 N–H and O–H groups in total. The predicted octanol–water partition coefficient (Wildman–Crippen LogP) is 5.17. The summed E-state index contributed by atoms with van der Waals surface area (Å²) in [5, 5.41) is 0. The zero-order valence-electron chi connectivity index (χ0n) is 11.7. The van der Waals surface area contributed by atoms with Gasteiger partial charge in [0.25, 0.3) is 0 Å². The number of benzene rings is 1. The van der Waals surface area contributed by atoms with Crippen LogP contribution in [0.4, 0.5) is 0 Å². The van der Waals surface area contributed by atoms with Gasteiger partial charge in [-0.2, -0.15) is 0 Å². The standard InChI is InChI=1S/C19H22/c1-2-3-4-13-19-17-11-7-5-9-15(17)14-16-10-6-8-12-18(16)19/h5-13,15,17H,2-4,14H2,1H3. The minimum absolute atomic E-state index is 0.594. The lowest BCUT2D eigenvalue weighted by molar-refractivity contribution is 0.541. The van der Waals surface area contributed by atoms with Crippen LogP contribution in [0.3, 0.4) is 0 Å². The van der Waals surface area contributed by atoms with Crippen LogP contribution >= 0.6 is 0 Å². The summed E-state index contributed by atoms with van der Waals surface area (Å²) in [6, 6.07) is 8.95. The van der Waals surface area contributed by atoms with Crippen LogP contribution in [0.1, 0.15) is 37.3 Å². The molecule has 0 amide bonds. The van der Waals surface area contributed by atoms with Crippen molar-refractivity contribution in [1.29, 1.82) is 0 Å². The van der Waals surface area contributed by atoms with E-state index < -0.39 is 0 Å². The summed E-state index contributed by atoms with van der Waals surface area (Å²) in [5.74, 6) is 1.25. The summed E-state index contributed by atoms with van der Waals surface area (Å²) in [5.41, 5.74) is 4.56. The Kier molecular flexibility index (Phi) is 3.68. The summed E-state index contributed by atoms with van der Waals surface area (Å²) >= 11 is 0. The van der Waals surface area contributed by atoms with Crippen molar-refractivity contribution in [1.82, 2.24) is 0 Å². The second-order valence-electron chi connectivity index (χ2n) is 5.62. The van der Waals surface area contributed by atoms with Crippen LogP contribution in [0.25, 0.3) is 5.57 Å². The molecule has 0 bridgehead atoms. The van der Waals surface area contributed by atoms with Crippen LogP contribution in [0.2, 0.25) is 0 Å². The van der Waals surface area contributed by atoms with Gasteiger partial charge in [-0.15, -0.1) is 0 Å². The smallest absolute Gasteiger partial charge is 0.00900 e. The fourth-order valence-electron chi connectivity index (χ4n) is 3.30. The average molecular weight is 250 g/mol. The van der Waals surface area contributed by atoms with Gasteiger partial charge in [0.2, 0.25) is 0 Å². The van der Waals surface area contributed by atoms with Gasteiger partial charge in [0.1, 0.15) is 0 Å². The Labute approximate surface area is 116 Å². The molecule has 2 aliphatic carbocycles. The molecule has 3 rings (SSSR count). The molecule has 0 saturated carbocycles. The van der Waals surface area contributed by atoms with E-state index in [0.29, 0.717) is 11.8 Å². The predicted molar refractivity (Wildman–Crippen MR) is 82.9 cm³/mol. The first-order chi connectivity index (χ1) is 9.40. The molecule has 0 heterocycles. The zero-order valence-corrected chi connectivity index (χ0v) is 11.7. The maximum Gasteiger partial charge on any atom is 0.00900 e. The van der Waals surface area contributed by atoms with Crippen molar-refractivity contribution in [2.75, 3.05) is 0 Å². The van der Waals surface area contributed by atoms with Gasteiger partial charge in [-0.25, -0.2) is 0 Å². The van der Waals surface area contributed by atoms with E-state index in [0.717, 1.165) is 0 Å². The van der Waals surface area contributed by atoms with E-state index in [9.17, 15) is 0 Å². The molecule has 0 saturated heterocycles. The highest BCUT2D eigenvalue weighted by Gasteiger charge is 2.29. The molecule has 0 fully saturated rings. The van der Waals surface area contributed by atoms with E-state index >= 15 is 0 Å². The van der Waals surface area contributed by atoms with Crippen molar-refractivity contribution in [3.8, 4) is 0 Å². The lowest BCUT2D eigenvalue weighted by Crippen LogP contribution is -2.23. The first-order valence-electron chi connectivity index (χ1n) is 7.53. The lowest BCUT2D eigenvalue weighted by Gasteiger charge is -2.33. The van der Waals surface area contributed by atoms with Gasteiger partial charge < -0.3 is 0 Å². The quantitative estimate of drug-likeness (QED) is 0.649. The van der Waals surface area contributed by atoms with Gasteiger partial charge in [0.15, 0.2) is 0 Å².